The van der Waals surface area contributed by atoms with Gasteiger partial charge in [-0.05, 0) is 84.2 Å². The average molecular weight is 692 g/mol. The van der Waals surface area contributed by atoms with E-state index in [1.54, 1.807) is 30.3 Å². The van der Waals surface area contributed by atoms with E-state index >= 15 is 0 Å². The summed E-state index contributed by atoms with van der Waals surface area (Å²) in [7, 11) is 0. The van der Waals surface area contributed by atoms with Gasteiger partial charge in [0.2, 0.25) is 0 Å². The molecule has 0 fully saturated rings. The van der Waals surface area contributed by atoms with Gasteiger partial charge in [0.25, 0.3) is 0 Å². The van der Waals surface area contributed by atoms with Gasteiger partial charge in [0.1, 0.15) is 0 Å². The van der Waals surface area contributed by atoms with Crippen molar-refractivity contribution in [1.82, 2.24) is 9.97 Å². The van der Waals surface area contributed by atoms with Crippen LogP contribution in [0.1, 0.15) is 45.4 Å². The molecule has 1 aliphatic rings. The van der Waals surface area contributed by atoms with Crippen LogP contribution in [0.25, 0.3) is 88.8 Å². The van der Waals surface area contributed by atoms with Crippen molar-refractivity contribution < 1.29 is 20.6 Å². The number of hydrogen-bond donors (Lipinski definition) is 0. The van der Waals surface area contributed by atoms with Crippen LogP contribution in [-0.4, -0.2) is 9.97 Å². The Kier molecular flexibility index (Phi) is 4.45. The predicted molar refractivity (Wildman–Crippen MR) is 222 cm³/mol. The van der Waals surface area contributed by atoms with E-state index < -0.39 is 107 Å². The van der Waals surface area contributed by atoms with Gasteiger partial charge in [-0.3, -0.25) is 0 Å². The van der Waals surface area contributed by atoms with Crippen LogP contribution in [-0.2, 0) is 5.41 Å². The fraction of sp³-hybridized carbons (Fsp3) is 0.0588. The van der Waals surface area contributed by atoms with Crippen molar-refractivity contribution in [3.63, 3.8) is 0 Å². The average Bonchev–Trinajstić information content (AvgIpc) is 3.68. The second-order valence-electron chi connectivity index (χ2n) is 13.0. The largest absolute Gasteiger partial charge is 0.228 e. The molecule has 0 saturated carbocycles. The standard InChI is InChI=1S/C51H36N2/c1-51(2)45-29-25-34-16-9-10-21-40(34)49(45)44-26-24-37(31-46(44)51)39-27-28-43(42-23-12-11-22-41(39)42)48-32-47(52-50(53-48)35-17-7-4-8-18-35)38-20-13-19-36(30-38)33-14-5-3-6-15-33/h3-32H,1-2H3/i1D3,2D3,9D,10D,16D,21D,24D,25D,26D,29D,31D. The van der Waals surface area contributed by atoms with Crippen molar-refractivity contribution in [2.45, 2.75) is 19.1 Å². The summed E-state index contributed by atoms with van der Waals surface area (Å²) in [6.07, 6.45) is 0. The molecule has 0 atom stereocenters. The molecule has 8 aromatic carbocycles. The first-order valence-corrected chi connectivity index (χ1v) is 17.1. The van der Waals surface area contributed by atoms with Gasteiger partial charge in [-0.1, -0.05) is 177 Å². The summed E-state index contributed by atoms with van der Waals surface area (Å²) in [5, 5.41) is 0.0992. The molecule has 9 aromatic rings. The van der Waals surface area contributed by atoms with Crippen LogP contribution in [0, 0.1) is 0 Å². The molecule has 0 saturated heterocycles. The molecule has 10 rings (SSSR count). The van der Waals surface area contributed by atoms with E-state index in [1.807, 2.05) is 91.0 Å². The zero-order chi connectivity index (χ0) is 48.4. The number of nitrogens with zero attached hydrogens (tertiary/aromatic N) is 2. The molecule has 53 heavy (non-hydrogen) atoms. The summed E-state index contributed by atoms with van der Waals surface area (Å²) in [4.78, 5) is 10.1. The molecule has 0 amide bonds. The lowest BCUT2D eigenvalue weighted by Gasteiger charge is -2.22. The number of aromatic nitrogens is 2. The van der Waals surface area contributed by atoms with Crippen LogP contribution in [0.5, 0.6) is 0 Å². The van der Waals surface area contributed by atoms with Crippen molar-refractivity contribution in [3.8, 4) is 67.3 Å². The van der Waals surface area contributed by atoms with Crippen LogP contribution in [0.15, 0.2) is 182 Å². The van der Waals surface area contributed by atoms with Gasteiger partial charge < -0.3 is 0 Å². The quantitative estimate of drug-likeness (QED) is 0.180. The summed E-state index contributed by atoms with van der Waals surface area (Å²) in [6.45, 7) is -7.20. The van der Waals surface area contributed by atoms with Gasteiger partial charge in [-0.25, -0.2) is 9.97 Å². The third-order valence-electron chi connectivity index (χ3n) is 9.81. The van der Waals surface area contributed by atoms with Crippen LogP contribution < -0.4 is 0 Å². The second-order valence-corrected chi connectivity index (χ2v) is 13.0. The SMILES string of the molecule is [2H]c1c([2H])c2c(c([2H])c1-c1ccc(-c3cc(-c4cccc(-c5ccccc5)c4)nc(-c4ccccc4)n3)c3ccccc13)C(C([2H])([2H])[2H])(C([2H])([2H])[2H])c1c([2H])c([2H])c3c([2H])c([2H])c([2H])c([2H])c3c1-2. The van der Waals surface area contributed by atoms with Gasteiger partial charge in [0.15, 0.2) is 5.82 Å². The van der Waals surface area contributed by atoms with E-state index in [-0.39, 0.29) is 11.1 Å². The molecule has 250 valence electrons. The number of hydrogen-bond acceptors (Lipinski definition) is 2. The lowest BCUT2D eigenvalue weighted by atomic mass is 9.81. The summed E-state index contributed by atoms with van der Waals surface area (Å²) in [6, 6.07) is 33.0. The Morgan fingerprint density at radius 3 is 1.96 bits per heavy atom. The first kappa shape index (κ1) is 19.3. The Hall–Kier alpha value is -6.64. The third-order valence-corrected chi connectivity index (χ3v) is 9.81. The van der Waals surface area contributed by atoms with E-state index in [1.165, 1.54) is 0 Å². The van der Waals surface area contributed by atoms with Gasteiger partial charge in [0.05, 0.1) is 23.7 Å². The molecule has 2 heteroatoms. The lowest BCUT2D eigenvalue weighted by Crippen LogP contribution is -2.15. The monoisotopic (exact) mass is 691 g/mol. The molecule has 1 aliphatic carbocycles. The summed E-state index contributed by atoms with van der Waals surface area (Å²) in [5.41, 5.74) is -0.430. The van der Waals surface area contributed by atoms with Crippen molar-refractivity contribution in [1.29, 1.82) is 0 Å². The maximum Gasteiger partial charge on any atom is 0.160 e. The van der Waals surface area contributed by atoms with E-state index in [9.17, 15) is 5.48 Å². The highest BCUT2D eigenvalue weighted by Gasteiger charge is 2.36. The predicted octanol–water partition coefficient (Wildman–Crippen LogP) is 13.4. The maximum atomic E-state index is 9.93. The molecule has 0 aliphatic heterocycles. The van der Waals surface area contributed by atoms with E-state index in [0.717, 1.165) is 22.3 Å². The van der Waals surface area contributed by atoms with Crippen molar-refractivity contribution in [3.05, 3.63) is 193 Å². The van der Waals surface area contributed by atoms with Crippen molar-refractivity contribution in [2.75, 3.05) is 0 Å². The fourth-order valence-corrected chi connectivity index (χ4v) is 7.25. The normalized spacial score (nSPS) is 17.4. The summed E-state index contributed by atoms with van der Waals surface area (Å²) < 4.78 is 136. The molecule has 0 unspecified atom stereocenters. The number of rotatable bonds is 5. The minimum atomic E-state index is -3.60. The Bertz CT molecular complexity index is 3570. The van der Waals surface area contributed by atoms with Gasteiger partial charge >= 0.3 is 0 Å². The maximum absolute atomic E-state index is 9.93. The molecule has 0 N–H and O–H groups in total. The van der Waals surface area contributed by atoms with Crippen molar-refractivity contribution >= 4 is 21.5 Å². The summed E-state index contributed by atoms with van der Waals surface area (Å²) in [5.74, 6) is 0.447. The minimum Gasteiger partial charge on any atom is -0.228 e. The molecule has 0 spiro atoms. The van der Waals surface area contributed by atoms with E-state index in [0.29, 0.717) is 33.5 Å². The first-order chi connectivity index (χ1) is 32.3. The molecule has 0 radical (unpaired) electrons. The second kappa shape index (κ2) is 12.3. The highest BCUT2D eigenvalue weighted by atomic mass is 14.9. The van der Waals surface area contributed by atoms with E-state index in [4.69, 9.17) is 25.0 Å². The number of fused-ring (bicyclic) bond motifs is 6. The van der Waals surface area contributed by atoms with Gasteiger partial charge in [-0.2, -0.15) is 0 Å². The third kappa shape index (κ3) is 5.18. The van der Waals surface area contributed by atoms with Crippen LogP contribution in [0.4, 0.5) is 0 Å². The Balaban J connectivity index is 1.26. The highest BCUT2D eigenvalue weighted by molar-refractivity contribution is 6.06. The van der Waals surface area contributed by atoms with E-state index in [2.05, 4.69) is 6.07 Å². The van der Waals surface area contributed by atoms with Gasteiger partial charge in [-0.15, -0.1) is 0 Å². The smallest absolute Gasteiger partial charge is 0.160 e. The topological polar surface area (TPSA) is 25.8 Å². The Morgan fingerprint density at radius 2 is 1.15 bits per heavy atom. The van der Waals surface area contributed by atoms with Crippen LogP contribution >= 0.6 is 0 Å². The zero-order valence-electron chi connectivity index (χ0n) is 43.0. The van der Waals surface area contributed by atoms with Crippen molar-refractivity contribution in [2.24, 2.45) is 0 Å². The molecule has 1 aromatic heterocycles. The molecule has 1 heterocycles. The summed E-state index contributed by atoms with van der Waals surface area (Å²) >= 11 is 0. The number of benzene rings is 8. The Labute approximate surface area is 331 Å². The van der Waals surface area contributed by atoms with Crippen LogP contribution in [0.3, 0.4) is 0 Å². The molecule has 2 nitrogen and oxygen atoms in total. The first-order valence-electron chi connectivity index (χ1n) is 24.6. The molecular formula is C51H36N2. The molecular weight excluding hydrogens is 641 g/mol. The zero-order valence-corrected chi connectivity index (χ0v) is 28.0. The van der Waals surface area contributed by atoms with Gasteiger partial charge in [0, 0.05) is 30.3 Å². The Morgan fingerprint density at radius 1 is 0.472 bits per heavy atom. The highest BCUT2D eigenvalue weighted by Crippen LogP contribution is 2.52. The van der Waals surface area contributed by atoms with Crippen LogP contribution in [0.2, 0.25) is 0 Å². The lowest BCUT2D eigenvalue weighted by molar-refractivity contribution is 0.661. The fourth-order valence-electron chi connectivity index (χ4n) is 7.25. The molecule has 0 bridgehead atoms. The minimum absolute atomic E-state index is 0.198.